The fraction of sp³-hybridized carbons (Fsp3) is 0.0667. The molecule has 0 unspecified atom stereocenters. The van der Waals surface area contributed by atoms with E-state index in [1.54, 1.807) is 17.4 Å². The van der Waals surface area contributed by atoms with Crippen LogP contribution in [0.4, 0.5) is 5.69 Å². The van der Waals surface area contributed by atoms with E-state index in [1.807, 2.05) is 36.4 Å². The van der Waals surface area contributed by atoms with Crippen LogP contribution in [0.2, 0.25) is 0 Å². The summed E-state index contributed by atoms with van der Waals surface area (Å²) in [4.78, 5) is 23.5. The highest BCUT2D eigenvalue weighted by Gasteiger charge is 2.06. The molecule has 0 atom stereocenters. The zero-order chi connectivity index (χ0) is 13.4. The predicted molar refractivity (Wildman–Crippen MR) is 79.9 cm³/mol. The first-order chi connectivity index (χ1) is 9.15. The van der Waals surface area contributed by atoms with Crippen LogP contribution in [-0.4, -0.2) is 5.91 Å². The third kappa shape index (κ3) is 2.11. The Balaban J connectivity index is 2.33. The molecule has 0 aliphatic heterocycles. The van der Waals surface area contributed by atoms with E-state index in [2.05, 4.69) is 5.32 Å². The molecule has 3 aromatic rings. The zero-order valence-corrected chi connectivity index (χ0v) is 11.1. The van der Waals surface area contributed by atoms with Crippen molar-refractivity contribution < 1.29 is 4.79 Å². The average molecular weight is 269 g/mol. The van der Waals surface area contributed by atoms with Gasteiger partial charge in [-0.25, -0.2) is 0 Å². The van der Waals surface area contributed by atoms with Gasteiger partial charge in [0.1, 0.15) is 0 Å². The van der Waals surface area contributed by atoms with Gasteiger partial charge in [0.2, 0.25) is 5.91 Å². The second kappa shape index (κ2) is 4.48. The molecule has 0 aliphatic rings. The molecule has 2 aromatic carbocycles. The quantitative estimate of drug-likeness (QED) is 0.688. The highest BCUT2D eigenvalue weighted by Crippen LogP contribution is 2.26. The van der Waals surface area contributed by atoms with Crippen molar-refractivity contribution in [2.24, 2.45) is 0 Å². The number of fused-ring (bicyclic) bond motifs is 2. The van der Waals surface area contributed by atoms with Gasteiger partial charge in [0.15, 0.2) is 5.43 Å². The highest BCUT2D eigenvalue weighted by molar-refractivity contribution is 7.24. The molecule has 4 heteroatoms. The lowest BCUT2D eigenvalue weighted by molar-refractivity contribution is -0.114. The molecule has 0 fully saturated rings. The maximum Gasteiger partial charge on any atom is 0.221 e. The van der Waals surface area contributed by atoms with Gasteiger partial charge in [-0.15, -0.1) is 11.3 Å². The van der Waals surface area contributed by atoms with Crippen molar-refractivity contribution in [2.75, 3.05) is 5.32 Å². The van der Waals surface area contributed by atoms with E-state index in [1.165, 1.54) is 6.92 Å². The number of hydrogen-bond acceptors (Lipinski definition) is 3. The Labute approximate surface area is 113 Å². The van der Waals surface area contributed by atoms with Gasteiger partial charge in [-0.05, 0) is 30.3 Å². The van der Waals surface area contributed by atoms with E-state index in [9.17, 15) is 9.59 Å². The molecule has 0 saturated carbocycles. The molecule has 1 amide bonds. The number of nitrogens with one attached hydrogen (secondary N) is 1. The zero-order valence-electron chi connectivity index (χ0n) is 10.3. The molecule has 19 heavy (non-hydrogen) atoms. The fourth-order valence-corrected chi connectivity index (χ4v) is 3.14. The standard InChI is InChI=1S/C15H11NO2S/c1-9(17)16-10-6-7-14-12(8-10)15(18)11-4-2-3-5-13(11)19-14/h2-8H,1H3,(H,16,17). The number of rotatable bonds is 1. The van der Waals surface area contributed by atoms with Gasteiger partial charge >= 0.3 is 0 Å². The van der Waals surface area contributed by atoms with Crippen LogP contribution >= 0.6 is 11.3 Å². The van der Waals surface area contributed by atoms with Crippen LogP contribution < -0.4 is 10.7 Å². The first-order valence-electron chi connectivity index (χ1n) is 5.88. The molecule has 1 heterocycles. The summed E-state index contributed by atoms with van der Waals surface area (Å²) in [5.41, 5.74) is 0.663. The number of carbonyl (C=O) groups excluding carboxylic acids is 1. The molecule has 94 valence electrons. The summed E-state index contributed by atoms with van der Waals surface area (Å²) < 4.78 is 1.91. The minimum atomic E-state index is -0.142. The summed E-state index contributed by atoms with van der Waals surface area (Å²) in [6.07, 6.45) is 0. The van der Waals surface area contributed by atoms with Gasteiger partial charge in [0.05, 0.1) is 0 Å². The lowest BCUT2D eigenvalue weighted by Gasteiger charge is -2.04. The van der Waals surface area contributed by atoms with Crippen molar-refractivity contribution in [2.45, 2.75) is 6.92 Å². The van der Waals surface area contributed by atoms with Crippen molar-refractivity contribution in [1.29, 1.82) is 0 Å². The van der Waals surface area contributed by atoms with Gasteiger partial charge < -0.3 is 5.32 Å². The molecule has 1 N–H and O–H groups in total. The van der Waals surface area contributed by atoms with Gasteiger partial charge in [-0.2, -0.15) is 0 Å². The van der Waals surface area contributed by atoms with Crippen molar-refractivity contribution in [3.8, 4) is 0 Å². The van der Waals surface area contributed by atoms with E-state index in [-0.39, 0.29) is 11.3 Å². The number of benzene rings is 2. The summed E-state index contributed by atoms with van der Waals surface area (Å²) in [7, 11) is 0. The summed E-state index contributed by atoms with van der Waals surface area (Å²) in [5.74, 6) is -0.142. The van der Waals surface area contributed by atoms with Crippen molar-refractivity contribution in [3.05, 3.63) is 52.7 Å². The van der Waals surface area contributed by atoms with Crippen molar-refractivity contribution >= 4 is 43.1 Å². The van der Waals surface area contributed by atoms with E-state index in [4.69, 9.17) is 0 Å². The maximum absolute atomic E-state index is 12.4. The molecular weight excluding hydrogens is 258 g/mol. The van der Waals surface area contributed by atoms with E-state index < -0.39 is 0 Å². The molecule has 0 radical (unpaired) electrons. The van der Waals surface area contributed by atoms with Crippen LogP contribution in [0.5, 0.6) is 0 Å². The Kier molecular flexibility index (Phi) is 2.80. The Hall–Kier alpha value is -2.20. The minimum Gasteiger partial charge on any atom is -0.326 e. The molecule has 1 aromatic heterocycles. The normalized spacial score (nSPS) is 10.8. The lowest BCUT2D eigenvalue weighted by atomic mass is 10.1. The fourth-order valence-electron chi connectivity index (χ4n) is 2.08. The van der Waals surface area contributed by atoms with Crippen LogP contribution in [0.25, 0.3) is 20.2 Å². The topological polar surface area (TPSA) is 46.2 Å². The Morgan fingerprint density at radius 1 is 1.05 bits per heavy atom. The smallest absolute Gasteiger partial charge is 0.221 e. The number of amides is 1. The molecule has 3 nitrogen and oxygen atoms in total. The summed E-state index contributed by atoms with van der Waals surface area (Å²) in [6, 6.07) is 13.0. The monoisotopic (exact) mass is 269 g/mol. The molecule has 0 spiro atoms. The predicted octanol–water partition coefficient (Wildman–Crippen LogP) is 3.37. The van der Waals surface area contributed by atoms with Crippen LogP contribution in [0.1, 0.15) is 6.92 Å². The van der Waals surface area contributed by atoms with Crippen LogP contribution in [0, 0.1) is 0 Å². The molecule has 0 aliphatic carbocycles. The molecule has 0 bridgehead atoms. The number of carbonyl (C=O) groups is 1. The highest BCUT2D eigenvalue weighted by atomic mass is 32.1. The minimum absolute atomic E-state index is 0.0107. The number of hydrogen-bond donors (Lipinski definition) is 1. The first-order valence-corrected chi connectivity index (χ1v) is 6.70. The van der Waals surface area contributed by atoms with E-state index in [0.29, 0.717) is 11.1 Å². The van der Waals surface area contributed by atoms with Crippen molar-refractivity contribution in [1.82, 2.24) is 0 Å². The SMILES string of the molecule is CC(=O)Nc1ccc2sc3ccccc3c(=O)c2c1. The second-order valence-electron chi connectivity index (χ2n) is 4.32. The molecular formula is C15H11NO2S. The maximum atomic E-state index is 12.4. The van der Waals surface area contributed by atoms with Crippen LogP contribution in [0.3, 0.4) is 0 Å². The van der Waals surface area contributed by atoms with Gasteiger partial charge in [0.25, 0.3) is 0 Å². The first kappa shape index (κ1) is 11.9. The average Bonchev–Trinajstić information content (AvgIpc) is 2.39. The summed E-state index contributed by atoms with van der Waals surface area (Å²) in [5, 5.41) is 4.07. The van der Waals surface area contributed by atoms with Gasteiger partial charge in [0, 0.05) is 32.8 Å². The summed E-state index contributed by atoms with van der Waals surface area (Å²) in [6.45, 7) is 1.45. The Bertz CT molecular complexity index is 852. The number of anilines is 1. The Morgan fingerprint density at radius 3 is 2.58 bits per heavy atom. The summed E-state index contributed by atoms with van der Waals surface area (Å²) >= 11 is 1.58. The Morgan fingerprint density at radius 2 is 1.79 bits per heavy atom. The van der Waals surface area contributed by atoms with Crippen LogP contribution in [-0.2, 0) is 4.79 Å². The second-order valence-corrected chi connectivity index (χ2v) is 5.40. The molecule has 3 rings (SSSR count). The van der Waals surface area contributed by atoms with Crippen molar-refractivity contribution in [3.63, 3.8) is 0 Å². The van der Waals surface area contributed by atoms with Gasteiger partial charge in [-0.1, -0.05) is 12.1 Å². The van der Waals surface area contributed by atoms with E-state index >= 15 is 0 Å². The molecule has 0 saturated heterocycles. The van der Waals surface area contributed by atoms with Crippen LogP contribution in [0.15, 0.2) is 47.3 Å². The van der Waals surface area contributed by atoms with E-state index in [0.717, 1.165) is 14.8 Å². The van der Waals surface area contributed by atoms with Gasteiger partial charge in [-0.3, -0.25) is 9.59 Å². The third-order valence-corrected chi connectivity index (χ3v) is 4.05. The third-order valence-electron chi connectivity index (χ3n) is 2.90. The largest absolute Gasteiger partial charge is 0.326 e. The lowest BCUT2D eigenvalue weighted by Crippen LogP contribution is -2.07.